The van der Waals surface area contributed by atoms with Gasteiger partial charge in [-0.25, -0.2) is 0 Å². The van der Waals surface area contributed by atoms with E-state index in [0.717, 1.165) is 17.2 Å². The molecule has 50 heavy (non-hydrogen) atoms. The highest BCUT2D eigenvalue weighted by Gasteiger charge is 1.94. The fourth-order valence-electron chi connectivity index (χ4n) is 3.35. The first kappa shape index (κ1) is 49.8. The maximum Gasteiger partial charge on any atom is 0.118 e. The molecule has 0 radical (unpaired) electrons. The van der Waals surface area contributed by atoms with Crippen molar-refractivity contribution in [1.29, 1.82) is 0 Å². The van der Waals surface area contributed by atoms with Crippen LogP contribution in [0.3, 0.4) is 0 Å². The smallest absolute Gasteiger partial charge is 0.118 e. The Kier molecular flexibility index (Phi) is 38.7. The van der Waals surface area contributed by atoms with Crippen LogP contribution in [0.4, 0.5) is 0 Å². The van der Waals surface area contributed by atoms with Crippen molar-refractivity contribution in [3.8, 4) is 17.2 Å². The van der Waals surface area contributed by atoms with Crippen LogP contribution in [0.2, 0.25) is 0 Å². The number of para-hydroxylation sites is 3. The molecular formula is C45H66O5. The summed E-state index contributed by atoms with van der Waals surface area (Å²) in [4.78, 5) is 0. The lowest BCUT2D eigenvalue weighted by atomic mass is 10.0. The molecule has 5 rings (SSSR count). The number of hydrogen-bond donors (Lipinski definition) is 0. The van der Waals surface area contributed by atoms with Crippen LogP contribution in [0.25, 0.3) is 0 Å². The summed E-state index contributed by atoms with van der Waals surface area (Å²) in [5.74, 6) is 4.05. The van der Waals surface area contributed by atoms with Gasteiger partial charge in [-0.1, -0.05) is 157 Å². The van der Waals surface area contributed by atoms with Crippen LogP contribution in [-0.2, 0) is 9.47 Å². The molecule has 0 unspecified atom stereocenters. The summed E-state index contributed by atoms with van der Waals surface area (Å²) in [6.07, 6.45) is 0. The van der Waals surface area contributed by atoms with E-state index in [-0.39, 0.29) is 0 Å². The van der Waals surface area contributed by atoms with E-state index in [0.29, 0.717) is 11.8 Å². The number of hydrogen-bond acceptors (Lipinski definition) is 5. The van der Waals surface area contributed by atoms with Gasteiger partial charge in [0.1, 0.15) is 17.2 Å². The van der Waals surface area contributed by atoms with Gasteiger partial charge in [-0.05, 0) is 59.4 Å². The lowest BCUT2D eigenvalue weighted by Gasteiger charge is -2.01. The van der Waals surface area contributed by atoms with Crippen molar-refractivity contribution in [1.82, 2.24) is 0 Å². The predicted octanol–water partition coefficient (Wildman–Crippen LogP) is 12.3. The van der Waals surface area contributed by atoms with E-state index in [4.69, 9.17) is 14.2 Å². The normalized spacial score (nSPS) is 8.62. The van der Waals surface area contributed by atoms with Crippen LogP contribution in [0.1, 0.15) is 64.5 Å². The van der Waals surface area contributed by atoms with E-state index in [1.165, 1.54) is 11.1 Å². The van der Waals surface area contributed by atoms with Crippen LogP contribution >= 0.6 is 0 Å². The first-order valence-electron chi connectivity index (χ1n) is 16.9. The standard InChI is InChI=1S/2C9H12.3C7H8O.2C2H6O.C2H6/c2*1-8(2)9-6-4-3-5-7-9;3*1-8-7-5-3-2-4-6-7;2*1-3-2;1-2/h2*3-8H,1-2H3;3*2-6H,1H3;2*1-2H3;1-2H3. The quantitative estimate of drug-likeness (QED) is 0.184. The highest BCUT2D eigenvalue weighted by atomic mass is 16.5. The molecule has 0 N–H and O–H groups in total. The van der Waals surface area contributed by atoms with Crippen LogP contribution in [0.15, 0.2) is 152 Å². The molecule has 0 fully saturated rings. The van der Waals surface area contributed by atoms with Crippen LogP contribution < -0.4 is 14.2 Å². The minimum atomic E-state index is 0.659. The zero-order valence-corrected chi connectivity index (χ0v) is 33.1. The molecule has 0 aromatic heterocycles. The Hall–Kier alpha value is -4.58. The molecule has 0 aliphatic carbocycles. The molecule has 0 heterocycles. The summed E-state index contributed by atoms with van der Waals surface area (Å²) in [7, 11) is 11.5. The highest BCUT2D eigenvalue weighted by molar-refractivity contribution is 5.22. The maximum atomic E-state index is 4.91. The summed E-state index contributed by atoms with van der Waals surface area (Å²) in [6, 6.07) is 50.1. The zero-order chi connectivity index (χ0) is 38.3. The molecule has 0 saturated heterocycles. The molecule has 276 valence electrons. The third-order valence-electron chi connectivity index (χ3n) is 5.87. The second-order valence-corrected chi connectivity index (χ2v) is 10.5. The van der Waals surface area contributed by atoms with E-state index >= 15 is 0 Å². The Morgan fingerprint density at radius 2 is 0.460 bits per heavy atom. The van der Waals surface area contributed by atoms with Gasteiger partial charge in [0.2, 0.25) is 0 Å². The summed E-state index contributed by atoms with van der Waals surface area (Å²) in [5.41, 5.74) is 2.83. The summed E-state index contributed by atoms with van der Waals surface area (Å²) < 4.78 is 23.2. The van der Waals surface area contributed by atoms with Crippen molar-refractivity contribution in [2.45, 2.75) is 53.4 Å². The third kappa shape index (κ3) is 32.0. The Balaban J connectivity index is -0.000000525. The van der Waals surface area contributed by atoms with E-state index in [2.05, 4.69) is 85.7 Å². The minimum absolute atomic E-state index is 0.659. The van der Waals surface area contributed by atoms with Crippen LogP contribution in [0.5, 0.6) is 17.2 Å². The molecular weight excluding hydrogens is 620 g/mol. The van der Waals surface area contributed by atoms with Gasteiger partial charge in [0.15, 0.2) is 0 Å². The molecule has 5 heteroatoms. The van der Waals surface area contributed by atoms with Gasteiger partial charge in [-0.2, -0.15) is 0 Å². The van der Waals surface area contributed by atoms with Crippen molar-refractivity contribution in [2.24, 2.45) is 0 Å². The van der Waals surface area contributed by atoms with Crippen molar-refractivity contribution in [3.63, 3.8) is 0 Å². The van der Waals surface area contributed by atoms with Gasteiger partial charge in [0.25, 0.3) is 0 Å². The molecule has 0 spiro atoms. The van der Waals surface area contributed by atoms with Crippen molar-refractivity contribution >= 4 is 0 Å². The van der Waals surface area contributed by atoms with Gasteiger partial charge >= 0.3 is 0 Å². The largest absolute Gasteiger partial charge is 0.497 e. The molecule has 5 aromatic rings. The maximum absolute atomic E-state index is 4.91. The molecule has 5 nitrogen and oxygen atoms in total. The predicted molar refractivity (Wildman–Crippen MR) is 217 cm³/mol. The molecule has 0 saturated carbocycles. The van der Waals surface area contributed by atoms with E-state index in [9.17, 15) is 0 Å². The second kappa shape index (κ2) is 38.9. The van der Waals surface area contributed by atoms with Gasteiger partial charge in [-0.15, -0.1) is 0 Å². The molecule has 0 atom stereocenters. The lowest BCUT2D eigenvalue weighted by Crippen LogP contribution is -1.83. The van der Waals surface area contributed by atoms with Gasteiger partial charge in [0.05, 0.1) is 21.3 Å². The number of methoxy groups -OCH3 is 5. The first-order chi connectivity index (χ1) is 24.2. The lowest BCUT2D eigenvalue weighted by molar-refractivity contribution is 0.277. The monoisotopic (exact) mass is 686 g/mol. The molecule has 0 amide bonds. The Morgan fingerprint density at radius 3 is 0.560 bits per heavy atom. The van der Waals surface area contributed by atoms with Crippen molar-refractivity contribution in [2.75, 3.05) is 49.8 Å². The molecule has 0 aliphatic rings. The summed E-state index contributed by atoms with van der Waals surface area (Å²) in [6.45, 7) is 12.8. The topological polar surface area (TPSA) is 46.2 Å². The van der Waals surface area contributed by atoms with Gasteiger partial charge < -0.3 is 23.7 Å². The van der Waals surface area contributed by atoms with Crippen LogP contribution in [0, 0.1) is 0 Å². The average Bonchev–Trinajstić information content (AvgIpc) is 3.19. The fraction of sp³-hybridized carbons (Fsp3) is 0.333. The van der Waals surface area contributed by atoms with Gasteiger partial charge in [0, 0.05) is 28.4 Å². The minimum Gasteiger partial charge on any atom is -0.497 e. The van der Waals surface area contributed by atoms with E-state index < -0.39 is 0 Å². The van der Waals surface area contributed by atoms with Crippen molar-refractivity contribution < 1.29 is 23.7 Å². The van der Waals surface area contributed by atoms with E-state index in [1.807, 2.05) is 117 Å². The Bertz CT molecular complexity index is 1140. The Morgan fingerprint density at radius 1 is 0.300 bits per heavy atom. The SMILES string of the molecule is CC.CC(C)c1ccccc1.CC(C)c1ccccc1.COC.COC.COc1ccccc1.COc1ccccc1.COc1ccccc1. The second-order valence-electron chi connectivity index (χ2n) is 10.5. The van der Waals surface area contributed by atoms with Crippen molar-refractivity contribution in [3.05, 3.63) is 163 Å². The fourth-order valence-corrected chi connectivity index (χ4v) is 3.35. The molecule has 0 bridgehead atoms. The number of rotatable bonds is 5. The van der Waals surface area contributed by atoms with E-state index in [1.54, 1.807) is 49.8 Å². The molecule has 0 aliphatic heterocycles. The molecule has 5 aromatic carbocycles. The number of benzene rings is 5. The third-order valence-corrected chi connectivity index (χ3v) is 5.87. The average molecular weight is 687 g/mol. The summed E-state index contributed by atoms with van der Waals surface area (Å²) >= 11 is 0. The Labute approximate surface area is 306 Å². The van der Waals surface area contributed by atoms with Gasteiger partial charge in [-0.3, -0.25) is 0 Å². The summed E-state index contributed by atoms with van der Waals surface area (Å²) in [5, 5.41) is 0. The number of ether oxygens (including phenoxy) is 5. The zero-order valence-electron chi connectivity index (χ0n) is 33.1. The first-order valence-corrected chi connectivity index (χ1v) is 16.9. The van der Waals surface area contributed by atoms with Crippen LogP contribution in [-0.4, -0.2) is 49.8 Å². The highest BCUT2D eigenvalue weighted by Crippen LogP contribution is 2.12.